The summed E-state index contributed by atoms with van der Waals surface area (Å²) in [6, 6.07) is 15.9. The lowest BCUT2D eigenvalue weighted by Crippen LogP contribution is -2.53. The van der Waals surface area contributed by atoms with Crippen LogP contribution in [0.2, 0.25) is 0 Å². The predicted molar refractivity (Wildman–Crippen MR) is 143 cm³/mol. The lowest BCUT2D eigenvalue weighted by Gasteiger charge is -2.33. The lowest BCUT2D eigenvalue weighted by molar-refractivity contribution is -0.140. The third kappa shape index (κ3) is 7.18. The molecular weight excluding hydrogens is 565 g/mol. The van der Waals surface area contributed by atoms with E-state index in [2.05, 4.69) is 27.9 Å². The Bertz CT molecular complexity index is 1070. The molecule has 0 radical (unpaired) electrons. The standard InChI is InChI=1S/C25H32IN3O4S/c1-3-23(25(31)27-21-11-7-8-12-21)28(17-19-9-5-4-6-10-19)24(30)18-29(34(2,32)33)22-15-13-20(26)14-16-22/h4-6,9-10,13-16,21,23H,3,7-8,11-12,17-18H2,1-2H3,(H,27,31)/t23-/m0/s1. The Balaban J connectivity index is 1.89. The van der Waals surface area contributed by atoms with Crippen LogP contribution in [0.25, 0.3) is 0 Å². The number of rotatable bonds is 10. The molecule has 7 nitrogen and oxygen atoms in total. The Kier molecular flexibility index (Phi) is 9.35. The minimum absolute atomic E-state index is 0.134. The molecule has 2 amide bonds. The molecule has 0 aromatic heterocycles. The van der Waals surface area contributed by atoms with Crippen LogP contribution in [0.1, 0.15) is 44.6 Å². The maximum absolute atomic E-state index is 13.6. The average Bonchev–Trinajstić information content (AvgIpc) is 3.31. The summed E-state index contributed by atoms with van der Waals surface area (Å²) in [5, 5.41) is 3.11. The maximum atomic E-state index is 13.6. The van der Waals surface area contributed by atoms with Crippen LogP contribution in [0, 0.1) is 3.57 Å². The van der Waals surface area contributed by atoms with Crippen LogP contribution in [0.3, 0.4) is 0 Å². The molecule has 1 N–H and O–H groups in total. The first-order valence-electron chi connectivity index (χ1n) is 11.6. The van der Waals surface area contributed by atoms with Gasteiger partial charge in [-0.1, -0.05) is 50.1 Å². The summed E-state index contributed by atoms with van der Waals surface area (Å²) >= 11 is 2.14. The molecule has 2 aromatic rings. The quantitative estimate of drug-likeness (QED) is 0.421. The third-order valence-electron chi connectivity index (χ3n) is 6.08. The van der Waals surface area contributed by atoms with Crippen molar-refractivity contribution in [3.05, 3.63) is 63.7 Å². The summed E-state index contributed by atoms with van der Waals surface area (Å²) < 4.78 is 27.3. The Morgan fingerprint density at radius 2 is 1.68 bits per heavy atom. The van der Waals surface area contributed by atoms with Gasteiger partial charge in [0, 0.05) is 16.2 Å². The van der Waals surface area contributed by atoms with Gasteiger partial charge in [-0.3, -0.25) is 13.9 Å². The first kappa shape index (κ1) is 26.5. The van der Waals surface area contributed by atoms with E-state index >= 15 is 0 Å². The van der Waals surface area contributed by atoms with Crippen molar-refractivity contribution in [3.63, 3.8) is 0 Å². The number of nitrogens with one attached hydrogen (secondary N) is 1. The van der Waals surface area contributed by atoms with Gasteiger partial charge in [0.2, 0.25) is 21.8 Å². The summed E-state index contributed by atoms with van der Waals surface area (Å²) in [6.45, 7) is 1.72. The van der Waals surface area contributed by atoms with E-state index in [-0.39, 0.29) is 25.0 Å². The van der Waals surface area contributed by atoms with Gasteiger partial charge in [-0.15, -0.1) is 0 Å². The lowest BCUT2D eigenvalue weighted by atomic mass is 10.1. The van der Waals surface area contributed by atoms with Crippen molar-refractivity contribution in [2.75, 3.05) is 17.1 Å². The van der Waals surface area contributed by atoms with Crippen LogP contribution in [-0.4, -0.2) is 50.0 Å². The number of nitrogens with zero attached hydrogens (tertiary/aromatic N) is 2. The molecule has 34 heavy (non-hydrogen) atoms. The normalized spacial score (nSPS) is 15.0. The summed E-state index contributed by atoms with van der Waals surface area (Å²) in [6.07, 6.45) is 5.60. The van der Waals surface area contributed by atoms with Crippen molar-refractivity contribution in [1.29, 1.82) is 0 Å². The van der Waals surface area contributed by atoms with Gasteiger partial charge in [0.05, 0.1) is 11.9 Å². The van der Waals surface area contributed by atoms with Gasteiger partial charge < -0.3 is 10.2 Å². The van der Waals surface area contributed by atoms with Crippen molar-refractivity contribution < 1.29 is 18.0 Å². The van der Waals surface area contributed by atoms with E-state index in [1.807, 2.05) is 37.3 Å². The van der Waals surface area contributed by atoms with E-state index in [0.29, 0.717) is 12.1 Å². The second kappa shape index (κ2) is 12.0. The van der Waals surface area contributed by atoms with Crippen LogP contribution in [0.4, 0.5) is 5.69 Å². The Morgan fingerprint density at radius 1 is 1.06 bits per heavy atom. The summed E-state index contributed by atoms with van der Waals surface area (Å²) in [4.78, 5) is 28.4. The van der Waals surface area contributed by atoms with Crippen molar-refractivity contribution in [1.82, 2.24) is 10.2 Å². The largest absolute Gasteiger partial charge is 0.352 e. The molecule has 0 bridgehead atoms. The van der Waals surface area contributed by atoms with Crippen LogP contribution < -0.4 is 9.62 Å². The third-order valence-corrected chi connectivity index (χ3v) is 7.94. The van der Waals surface area contributed by atoms with Crippen molar-refractivity contribution >= 4 is 50.1 Å². The molecule has 3 rings (SSSR count). The molecule has 2 aromatic carbocycles. The minimum Gasteiger partial charge on any atom is -0.352 e. The van der Waals surface area contributed by atoms with Gasteiger partial charge in [0.15, 0.2) is 0 Å². The molecule has 0 heterocycles. The van der Waals surface area contributed by atoms with Gasteiger partial charge >= 0.3 is 0 Å². The number of amides is 2. The molecule has 1 fully saturated rings. The van der Waals surface area contributed by atoms with E-state index in [1.54, 1.807) is 24.3 Å². The van der Waals surface area contributed by atoms with E-state index < -0.39 is 22.0 Å². The second-order valence-electron chi connectivity index (χ2n) is 8.67. The first-order valence-corrected chi connectivity index (χ1v) is 14.5. The number of carbonyl (C=O) groups is 2. The molecule has 184 valence electrons. The van der Waals surface area contributed by atoms with E-state index in [1.165, 1.54) is 4.90 Å². The SMILES string of the molecule is CC[C@@H](C(=O)NC1CCCC1)N(Cc1ccccc1)C(=O)CN(c1ccc(I)cc1)S(C)(=O)=O. The van der Waals surface area contributed by atoms with E-state index in [0.717, 1.165) is 45.4 Å². The van der Waals surface area contributed by atoms with Gasteiger partial charge in [-0.25, -0.2) is 8.42 Å². The zero-order valence-electron chi connectivity index (χ0n) is 19.6. The van der Waals surface area contributed by atoms with Crippen LogP contribution in [0.5, 0.6) is 0 Å². The highest BCUT2D eigenvalue weighted by Gasteiger charge is 2.32. The van der Waals surface area contributed by atoms with Gasteiger partial charge in [-0.2, -0.15) is 0 Å². The number of hydrogen-bond donors (Lipinski definition) is 1. The van der Waals surface area contributed by atoms with Crippen molar-refractivity contribution in [2.24, 2.45) is 0 Å². The molecule has 0 saturated heterocycles. The second-order valence-corrected chi connectivity index (χ2v) is 11.8. The van der Waals surface area contributed by atoms with Crippen LogP contribution in [0.15, 0.2) is 54.6 Å². The van der Waals surface area contributed by atoms with E-state index in [4.69, 9.17) is 0 Å². The molecule has 0 aliphatic heterocycles. The van der Waals surface area contributed by atoms with E-state index in [9.17, 15) is 18.0 Å². The van der Waals surface area contributed by atoms with Gasteiger partial charge in [-0.05, 0) is 71.7 Å². The molecule has 0 unspecified atom stereocenters. The molecule has 9 heteroatoms. The zero-order chi connectivity index (χ0) is 24.7. The predicted octanol–water partition coefficient (Wildman–Crippen LogP) is 3.92. The number of anilines is 1. The Morgan fingerprint density at radius 3 is 2.24 bits per heavy atom. The number of hydrogen-bond acceptors (Lipinski definition) is 4. The highest BCUT2D eigenvalue weighted by atomic mass is 127. The maximum Gasteiger partial charge on any atom is 0.244 e. The number of benzene rings is 2. The van der Waals surface area contributed by atoms with Crippen LogP contribution >= 0.6 is 22.6 Å². The van der Waals surface area contributed by atoms with Gasteiger partial charge in [0.25, 0.3) is 0 Å². The van der Waals surface area contributed by atoms with Crippen molar-refractivity contribution in [2.45, 2.75) is 57.7 Å². The molecule has 1 aliphatic rings. The smallest absolute Gasteiger partial charge is 0.244 e. The number of halogens is 1. The highest BCUT2D eigenvalue weighted by Crippen LogP contribution is 2.22. The molecule has 1 atom stereocenters. The fourth-order valence-corrected chi connectivity index (χ4v) is 5.50. The summed E-state index contributed by atoms with van der Waals surface area (Å²) in [7, 11) is -3.72. The molecule has 0 spiro atoms. The average molecular weight is 598 g/mol. The fourth-order valence-electron chi connectivity index (χ4n) is 4.29. The fraction of sp³-hybridized carbons (Fsp3) is 0.440. The monoisotopic (exact) mass is 597 g/mol. The summed E-state index contributed by atoms with van der Waals surface area (Å²) in [5.74, 6) is -0.597. The van der Waals surface area contributed by atoms with Crippen LogP contribution in [-0.2, 0) is 26.2 Å². The molecule has 1 saturated carbocycles. The highest BCUT2D eigenvalue weighted by molar-refractivity contribution is 14.1. The Labute approximate surface area is 216 Å². The molecular formula is C25H32IN3O4S. The zero-order valence-corrected chi connectivity index (χ0v) is 22.6. The summed E-state index contributed by atoms with van der Waals surface area (Å²) in [5.41, 5.74) is 1.29. The van der Waals surface area contributed by atoms with Crippen molar-refractivity contribution in [3.8, 4) is 0 Å². The topological polar surface area (TPSA) is 86.8 Å². The first-order chi connectivity index (χ1) is 16.2. The minimum atomic E-state index is -3.72. The number of sulfonamides is 1. The Hall–Kier alpha value is -2.14. The number of carbonyl (C=O) groups excluding carboxylic acids is 2. The van der Waals surface area contributed by atoms with Gasteiger partial charge in [0.1, 0.15) is 12.6 Å². The molecule has 1 aliphatic carbocycles.